The third-order valence-corrected chi connectivity index (χ3v) is 4.08. The Morgan fingerprint density at radius 3 is 2.52 bits per heavy atom. The number of aliphatic hydroxyl groups excluding tert-OH is 1. The molecular weight excluding hydrogens is 268 g/mol. The van der Waals surface area contributed by atoms with E-state index in [1.807, 2.05) is 0 Å². The molecule has 1 fully saturated rings. The summed E-state index contributed by atoms with van der Waals surface area (Å²) in [6.45, 7) is -0.0132. The molecule has 1 aliphatic rings. The maximum atomic E-state index is 12.0. The summed E-state index contributed by atoms with van der Waals surface area (Å²) in [5, 5.41) is 15.2. The lowest BCUT2D eigenvalue weighted by Crippen LogP contribution is -2.45. The Labute approximate surface area is 125 Å². The first-order valence-corrected chi connectivity index (χ1v) is 7.55. The number of methoxy groups -OCH3 is 1. The monoisotopic (exact) mass is 292 g/mol. The molecule has 1 atom stereocenters. The number of carbonyl (C=O) groups is 1. The Morgan fingerprint density at radius 1 is 1.29 bits per heavy atom. The number of hydrogen-bond donors (Lipinski definition) is 3. The second kappa shape index (κ2) is 7.88. The maximum absolute atomic E-state index is 12.0. The molecule has 3 N–H and O–H groups in total. The molecule has 0 heterocycles. The fraction of sp³-hybridized carbons (Fsp3) is 0.562. The van der Waals surface area contributed by atoms with E-state index in [1.165, 1.54) is 19.3 Å². The highest BCUT2D eigenvalue weighted by Crippen LogP contribution is 2.26. The van der Waals surface area contributed by atoms with Gasteiger partial charge >= 0.3 is 6.03 Å². The lowest BCUT2D eigenvalue weighted by molar-refractivity contribution is 0.173. The van der Waals surface area contributed by atoms with Gasteiger partial charge in [-0.2, -0.15) is 0 Å². The number of ether oxygens (including phenoxy) is 1. The van der Waals surface area contributed by atoms with E-state index in [0.717, 1.165) is 18.6 Å². The number of aliphatic hydroxyl groups is 1. The largest absolute Gasteiger partial charge is 0.497 e. The SMILES string of the molecule is COc1ccc(NC(=O)NC(CO)C2CCCCC2)cc1. The van der Waals surface area contributed by atoms with Gasteiger partial charge in [-0.3, -0.25) is 0 Å². The van der Waals surface area contributed by atoms with Crippen molar-refractivity contribution in [3.8, 4) is 5.75 Å². The number of benzene rings is 1. The van der Waals surface area contributed by atoms with Crippen molar-refractivity contribution in [3.05, 3.63) is 24.3 Å². The van der Waals surface area contributed by atoms with Crippen LogP contribution in [0.3, 0.4) is 0 Å². The summed E-state index contributed by atoms with van der Waals surface area (Å²) < 4.78 is 5.07. The van der Waals surface area contributed by atoms with Crippen LogP contribution >= 0.6 is 0 Å². The first-order valence-electron chi connectivity index (χ1n) is 7.55. The first-order chi connectivity index (χ1) is 10.2. The average molecular weight is 292 g/mol. The zero-order chi connectivity index (χ0) is 15.1. The fourth-order valence-electron chi connectivity index (χ4n) is 2.86. The lowest BCUT2D eigenvalue weighted by atomic mass is 9.84. The van der Waals surface area contributed by atoms with Crippen LogP contribution in [-0.2, 0) is 0 Å². The van der Waals surface area contributed by atoms with Crippen molar-refractivity contribution in [3.63, 3.8) is 0 Å². The molecule has 2 rings (SSSR count). The van der Waals surface area contributed by atoms with Crippen LogP contribution in [0.2, 0.25) is 0 Å². The van der Waals surface area contributed by atoms with Gasteiger partial charge in [-0.15, -0.1) is 0 Å². The van der Waals surface area contributed by atoms with Crippen molar-refractivity contribution in [2.75, 3.05) is 19.0 Å². The molecule has 1 saturated carbocycles. The van der Waals surface area contributed by atoms with E-state index < -0.39 is 0 Å². The van der Waals surface area contributed by atoms with E-state index in [4.69, 9.17) is 4.74 Å². The highest BCUT2D eigenvalue weighted by molar-refractivity contribution is 5.89. The minimum atomic E-state index is -0.273. The van der Waals surface area contributed by atoms with E-state index in [-0.39, 0.29) is 18.7 Å². The summed E-state index contributed by atoms with van der Waals surface area (Å²) >= 11 is 0. The van der Waals surface area contributed by atoms with Crippen LogP contribution in [0.25, 0.3) is 0 Å². The van der Waals surface area contributed by atoms with E-state index in [0.29, 0.717) is 11.6 Å². The summed E-state index contributed by atoms with van der Waals surface area (Å²) in [7, 11) is 1.60. The van der Waals surface area contributed by atoms with E-state index in [1.54, 1.807) is 31.4 Å². The number of carbonyl (C=O) groups excluding carboxylic acids is 1. The highest BCUT2D eigenvalue weighted by atomic mass is 16.5. The number of nitrogens with one attached hydrogen (secondary N) is 2. The van der Waals surface area contributed by atoms with Crippen LogP contribution in [0, 0.1) is 5.92 Å². The van der Waals surface area contributed by atoms with Gasteiger partial charge in [0.2, 0.25) is 0 Å². The van der Waals surface area contributed by atoms with Gasteiger partial charge in [0.25, 0.3) is 0 Å². The molecule has 21 heavy (non-hydrogen) atoms. The average Bonchev–Trinajstić information content (AvgIpc) is 2.54. The Morgan fingerprint density at radius 2 is 1.95 bits per heavy atom. The van der Waals surface area contributed by atoms with Crippen molar-refractivity contribution >= 4 is 11.7 Å². The molecule has 0 bridgehead atoms. The molecule has 0 radical (unpaired) electrons. The van der Waals surface area contributed by atoms with E-state index >= 15 is 0 Å². The van der Waals surface area contributed by atoms with Crippen molar-refractivity contribution in [1.29, 1.82) is 0 Å². The van der Waals surface area contributed by atoms with Crippen molar-refractivity contribution in [1.82, 2.24) is 5.32 Å². The lowest BCUT2D eigenvalue weighted by Gasteiger charge is -2.29. The van der Waals surface area contributed by atoms with Gasteiger partial charge in [0.15, 0.2) is 0 Å². The predicted molar refractivity (Wildman–Crippen MR) is 82.6 cm³/mol. The molecule has 0 aliphatic heterocycles. The van der Waals surface area contributed by atoms with Gasteiger partial charge in [0.1, 0.15) is 5.75 Å². The van der Waals surface area contributed by atoms with Crippen molar-refractivity contribution in [2.45, 2.75) is 38.1 Å². The van der Waals surface area contributed by atoms with Crippen LogP contribution in [0.1, 0.15) is 32.1 Å². The standard InChI is InChI=1S/C16H24N2O3/c1-21-14-9-7-13(8-10-14)17-16(20)18-15(11-19)12-5-3-2-4-6-12/h7-10,12,15,19H,2-6,11H2,1H3,(H2,17,18,20). The molecule has 116 valence electrons. The van der Waals surface area contributed by atoms with Gasteiger partial charge in [-0.1, -0.05) is 19.3 Å². The maximum Gasteiger partial charge on any atom is 0.319 e. The molecular formula is C16H24N2O3. The number of anilines is 1. The third kappa shape index (κ3) is 4.63. The predicted octanol–water partition coefficient (Wildman–Crippen LogP) is 2.76. The molecule has 1 aromatic rings. The van der Waals surface area contributed by atoms with E-state index in [2.05, 4.69) is 10.6 Å². The summed E-state index contributed by atoms with van der Waals surface area (Å²) in [6, 6.07) is 6.72. The quantitative estimate of drug-likeness (QED) is 0.781. The molecule has 2 amide bonds. The van der Waals surface area contributed by atoms with Gasteiger partial charge < -0.3 is 20.5 Å². The first kappa shape index (κ1) is 15.6. The Bertz CT molecular complexity index is 441. The van der Waals surface area contributed by atoms with Crippen LogP contribution in [-0.4, -0.2) is 30.9 Å². The molecule has 0 spiro atoms. The van der Waals surface area contributed by atoms with Crippen LogP contribution in [0.5, 0.6) is 5.75 Å². The zero-order valence-electron chi connectivity index (χ0n) is 12.5. The number of hydrogen-bond acceptors (Lipinski definition) is 3. The minimum Gasteiger partial charge on any atom is -0.497 e. The van der Waals surface area contributed by atoms with Crippen molar-refractivity contribution < 1.29 is 14.6 Å². The summed E-state index contributed by atoms with van der Waals surface area (Å²) in [5.74, 6) is 1.13. The van der Waals surface area contributed by atoms with E-state index in [9.17, 15) is 9.90 Å². The summed E-state index contributed by atoms with van der Waals surface area (Å²) in [5.41, 5.74) is 0.702. The van der Waals surface area contributed by atoms with Crippen molar-refractivity contribution in [2.24, 2.45) is 5.92 Å². The van der Waals surface area contributed by atoms with Gasteiger partial charge in [0.05, 0.1) is 19.8 Å². The normalized spacial score (nSPS) is 17.0. The van der Waals surface area contributed by atoms with Gasteiger partial charge in [-0.25, -0.2) is 4.79 Å². The molecule has 1 unspecified atom stereocenters. The molecule has 5 heteroatoms. The fourth-order valence-corrected chi connectivity index (χ4v) is 2.86. The van der Waals surface area contributed by atoms with Crippen LogP contribution < -0.4 is 15.4 Å². The zero-order valence-corrected chi connectivity index (χ0v) is 12.5. The number of rotatable bonds is 5. The molecule has 0 aromatic heterocycles. The molecule has 1 aromatic carbocycles. The minimum absolute atomic E-state index is 0.0132. The van der Waals surface area contributed by atoms with Gasteiger partial charge in [-0.05, 0) is 43.0 Å². The second-order valence-corrected chi connectivity index (χ2v) is 5.51. The third-order valence-electron chi connectivity index (χ3n) is 4.08. The second-order valence-electron chi connectivity index (χ2n) is 5.51. The Hall–Kier alpha value is -1.75. The Balaban J connectivity index is 1.86. The van der Waals surface area contributed by atoms with Crippen LogP contribution in [0.15, 0.2) is 24.3 Å². The summed E-state index contributed by atoms with van der Waals surface area (Å²) in [4.78, 5) is 12.0. The van der Waals surface area contributed by atoms with Gasteiger partial charge in [0, 0.05) is 5.69 Å². The van der Waals surface area contributed by atoms with Crippen LogP contribution in [0.4, 0.5) is 10.5 Å². The number of urea groups is 1. The Kier molecular flexibility index (Phi) is 5.87. The number of amides is 2. The smallest absolute Gasteiger partial charge is 0.319 e. The molecule has 0 saturated heterocycles. The topological polar surface area (TPSA) is 70.6 Å². The highest BCUT2D eigenvalue weighted by Gasteiger charge is 2.24. The molecule has 1 aliphatic carbocycles. The molecule has 5 nitrogen and oxygen atoms in total. The summed E-state index contributed by atoms with van der Waals surface area (Å²) in [6.07, 6.45) is 5.78.